The lowest BCUT2D eigenvalue weighted by Gasteiger charge is -2.35. The Balaban J connectivity index is 1.89. The standard InChI is InChI=1S/C11H17F2NO3/c12-10(13)9-6-14(3-5-17-9)11(15)8-2-1-4-16-7-8/h8-10H,1-7H2/t8-,9+/m1/s1. The third kappa shape index (κ3) is 3.13. The van der Waals surface area contributed by atoms with E-state index in [1.807, 2.05) is 0 Å². The lowest BCUT2D eigenvalue weighted by Crippen LogP contribution is -2.50. The van der Waals surface area contributed by atoms with Crippen molar-refractivity contribution in [2.45, 2.75) is 25.4 Å². The van der Waals surface area contributed by atoms with Gasteiger partial charge in [0.25, 0.3) is 6.43 Å². The maximum absolute atomic E-state index is 12.5. The smallest absolute Gasteiger partial charge is 0.266 e. The number of halogens is 2. The Bertz CT molecular complexity index is 269. The Kier molecular flexibility index (Phi) is 4.28. The largest absolute Gasteiger partial charge is 0.381 e. The minimum absolute atomic E-state index is 0.00694. The van der Waals surface area contributed by atoms with Crippen LogP contribution in [0.1, 0.15) is 12.8 Å². The SMILES string of the molecule is O=C([C@@H]1CCCOC1)N1CCO[C@H](C(F)F)C1. The average molecular weight is 249 g/mol. The molecule has 2 rings (SSSR count). The van der Waals surface area contributed by atoms with Crippen LogP contribution in [0.5, 0.6) is 0 Å². The summed E-state index contributed by atoms with van der Waals surface area (Å²) in [7, 11) is 0. The van der Waals surface area contributed by atoms with Crippen LogP contribution in [-0.2, 0) is 14.3 Å². The molecule has 0 N–H and O–H groups in total. The zero-order valence-corrected chi connectivity index (χ0v) is 9.61. The van der Waals surface area contributed by atoms with E-state index in [4.69, 9.17) is 9.47 Å². The summed E-state index contributed by atoms with van der Waals surface area (Å²) >= 11 is 0. The average Bonchev–Trinajstić information content (AvgIpc) is 2.39. The van der Waals surface area contributed by atoms with Crippen molar-refractivity contribution in [1.82, 2.24) is 4.90 Å². The number of rotatable bonds is 2. The van der Waals surface area contributed by atoms with Gasteiger partial charge in [-0.05, 0) is 12.8 Å². The summed E-state index contributed by atoms with van der Waals surface area (Å²) in [6.45, 7) is 1.68. The van der Waals surface area contributed by atoms with E-state index in [0.29, 0.717) is 19.8 Å². The van der Waals surface area contributed by atoms with Crippen molar-refractivity contribution in [2.75, 3.05) is 32.9 Å². The highest BCUT2D eigenvalue weighted by Gasteiger charge is 2.33. The zero-order chi connectivity index (χ0) is 12.3. The van der Waals surface area contributed by atoms with Crippen LogP contribution in [0.2, 0.25) is 0 Å². The summed E-state index contributed by atoms with van der Waals surface area (Å²) in [6, 6.07) is 0. The van der Waals surface area contributed by atoms with Crippen LogP contribution >= 0.6 is 0 Å². The third-order valence-electron chi connectivity index (χ3n) is 3.20. The van der Waals surface area contributed by atoms with Crippen LogP contribution in [0.4, 0.5) is 8.78 Å². The molecule has 2 saturated heterocycles. The number of ether oxygens (including phenoxy) is 2. The summed E-state index contributed by atoms with van der Waals surface area (Å²) in [5.74, 6) is -0.237. The van der Waals surface area contributed by atoms with Gasteiger partial charge in [0.1, 0.15) is 6.10 Å². The highest BCUT2D eigenvalue weighted by Crippen LogP contribution is 2.19. The number of carbonyl (C=O) groups is 1. The van der Waals surface area contributed by atoms with Crippen molar-refractivity contribution in [1.29, 1.82) is 0 Å². The van der Waals surface area contributed by atoms with Gasteiger partial charge in [0.05, 0.1) is 25.7 Å². The number of hydrogen-bond acceptors (Lipinski definition) is 3. The molecule has 0 saturated carbocycles. The first-order valence-electron chi connectivity index (χ1n) is 5.95. The van der Waals surface area contributed by atoms with Gasteiger partial charge in [-0.25, -0.2) is 8.78 Å². The topological polar surface area (TPSA) is 38.8 Å². The minimum atomic E-state index is -2.53. The van der Waals surface area contributed by atoms with E-state index in [1.54, 1.807) is 0 Å². The summed E-state index contributed by atoms with van der Waals surface area (Å²) in [5, 5.41) is 0. The molecule has 2 aliphatic rings. The van der Waals surface area contributed by atoms with Crippen molar-refractivity contribution in [3.63, 3.8) is 0 Å². The first-order valence-corrected chi connectivity index (χ1v) is 5.95. The van der Waals surface area contributed by atoms with Crippen molar-refractivity contribution in [3.8, 4) is 0 Å². The van der Waals surface area contributed by atoms with E-state index in [2.05, 4.69) is 0 Å². The summed E-state index contributed by atoms with van der Waals surface area (Å²) < 4.78 is 35.2. The predicted molar refractivity (Wildman–Crippen MR) is 55.9 cm³/mol. The molecular weight excluding hydrogens is 232 g/mol. The van der Waals surface area contributed by atoms with Gasteiger partial charge >= 0.3 is 0 Å². The predicted octanol–water partition coefficient (Wildman–Crippen LogP) is 0.905. The first-order chi connectivity index (χ1) is 8.18. The van der Waals surface area contributed by atoms with Crippen molar-refractivity contribution in [3.05, 3.63) is 0 Å². The van der Waals surface area contributed by atoms with Gasteiger partial charge in [-0.3, -0.25) is 4.79 Å². The van der Waals surface area contributed by atoms with E-state index < -0.39 is 12.5 Å². The Labute approximate surface area is 98.9 Å². The highest BCUT2D eigenvalue weighted by molar-refractivity contribution is 5.79. The summed E-state index contributed by atoms with van der Waals surface area (Å²) in [6.07, 6.45) is -2.03. The number of nitrogens with zero attached hydrogens (tertiary/aromatic N) is 1. The van der Waals surface area contributed by atoms with Crippen molar-refractivity contribution < 1.29 is 23.0 Å². The molecular formula is C11H17F2NO3. The van der Waals surface area contributed by atoms with Gasteiger partial charge in [-0.15, -0.1) is 0 Å². The highest BCUT2D eigenvalue weighted by atomic mass is 19.3. The third-order valence-corrected chi connectivity index (χ3v) is 3.20. The molecule has 0 bridgehead atoms. The number of carbonyl (C=O) groups excluding carboxylic acids is 1. The van der Waals surface area contributed by atoms with Crippen LogP contribution < -0.4 is 0 Å². The maximum atomic E-state index is 12.5. The molecule has 0 aromatic heterocycles. The van der Waals surface area contributed by atoms with E-state index in [9.17, 15) is 13.6 Å². The summed E-state index contributed by atoms with van der Waals surface area (Å²) in [5.41, 5.74) is 0. The molecule has 2 heterocycles. The minimum Gasteiger partial charge on any atom is -0.381 e. The van der Waals surface area contributed by atoms with Gasteiger partial charge in [0.15, 0.2) is 0 Å². The van der Waals surface area contributed by atoms with Crippen LogP contribution in [0, 0.1) is 5.92 Å². The van der Waals surface area contributed by atoms with Crippen molar-refractivity contribution >= 4 is 5.91 Å². The van der Waals surface area contributed by atoms with Gasteiger partial charge in [0.2, 0.25) is 5.91 Å². The number of alkyl halides is 2. The molecule has 0 radical (unpaired) electrons. The zero-order valence-electron chi connectivity index (χ0n) is 9.61. The molecule has 1 amide bonds. The molecule has 0 unspecified atom stereocenters. The lowest BCUT2D eigenvalue weighted by atomic mass is 10.0. The van der Waals surface area contributed by atoms with E-state index in [-0.39, 0.29) is 25.0 Å². The fourth-order valence-corrected chi connectivity index (χ4v) is 2.22. The number of amides is 1. The Morgan fingerprint density at radius 1 is 1.35 bits per heavy atom. The molecule has 98 valence electrons. The molecule has 2 fully saturated rings. The van der Waals surface area contributed by atoms with Crippen LogP contribution in [0.15, 0.2) is 0 Å². The molecule has 2 aliphatic heterocycles. The lowest BCUT2D eigenvalue weighted by molar-refractivity contribution is -0.154. The van der Waals surface area contributed by atoms with Gasteiger partial charge < -0.3 is 14.4 Å². The van der Waals surface area contributed by atoms with Gasteiger partial charge in [-0.1, -0.05) is 0 Å². The fraction of sp³-hybridized carbons (Fsp3) is 0.909. The number of hydrogen-bond donors (Lipinski definition) is 0. The normalized spacial score (nSPS) is 30.6. The first kappa shape index (κ1) is 12.7. The van der Waals surface area contributed by atoms with E-state index in [1.165, 1.54) is 4.90 Å². The molecule has 0 aliphatic carbocycles. The maximum Gasteiger partial charge on any atom is 0.266 e. The van der Waals surface area contributed by atoms with Crippen LogP contribution in [0.25, 0.3) is 0 Å². The second kappa shape index (κ2) is 5.73. The second-order valence-corrected chi connectivity index (χ2v) is 4.44. The molecule has 2 atom stereocenters. The van der Waals surface area contributed by atoms with E-state index in [0.717, 1.165) is 12.8 Å². The molecule has 6 heteroatoms. The molecule has 0 spiro atoms. The van der Waals surface area contributed by atoms with Crippen molar-refractivity contribution in [2.24, 2.45) is 5.92 Å². The Morgan fingerprint density at radius 2 is 2.18 bits per heavy atom. The second-order valence-electron chi connectivity index (χ2n) is 4.44. The summed E-state index contributed by atoms with van der Waals surface area (Å²) in [4.78, 5) is 13.6. The van der Waals surface area contributed by atoms with Gasteiger partial charge in [0, 0.05) is 13.2 Å². The van der Waals surface area contributed by atoms with Gasteiger partial charge in [-0.2, -0.15) is 0 Å². The van der Waals surface area contributed by atoms with E-state index >= 15 is 0 Å². The number of morpholine rings is 1. The van der Waals surface area contributed by atoms with Crippen LogP contribution in [-0.4, -0.2) is 56.2 Å². The Morgan fingerprint density at radius 3 is 2.82 bits per heavy atom. The quantitative estimate of drug-likeness (QED) is 0.730. The molecule has 0 aromatic carbocycles. The van der Waals surface area contributed by atoms with Crippen LogP contribution in [0.3, 0.4) is 0 Å². The fourth-order valence-electron chi connectivity index (χ4n) is 2.22. The molecule has 17 heavy (non-hydrogen) atoms. The monoisotopic (exact) mass is 249 g/mol. The molecule has 4 nitrogen and oxygen atoms in total. The molecule has 0 aromatic rings. The Hall–Kier alpha value is -0.750.